The van der Waals surface area contributed by atoms with E-state index in [1.807, 2.05) is 0 Å². The molecule has 2 rings (SSSR count). The fourth-order valence-corrected chi connectivity index (χ4v) is 2.92. The van der Waals surface area contributed by atoms with Gasteiger partial charge in [-0.3, -0.25) is 0 Å². The summed E-state index contributed by atoms with van der Waals surface area (Å²) in [5.41, 5.74) is 0.650. The summed E-state index contributed by atoms with van der Waals surface area (Å²) in [6.45, 7) is 1.32. The smallest absolute Gasteiger partial charge is 0.0100 e. The average molecular weight is 232 g/mol. The van der Waals surface area contributed by atoms with E-state index in [0.29, 0.717) is 5.41 Å². The Morgan fingerprint density at radius 1 is 1.42 bits per heavy atom. The number of hydrogen-bond donors (Lipinski definition) is 0. The highest BCUT2D eigenvalue weighted by Gasteiger charge is 2.39. The van der Waals surface area contributed by atoms with E-state index >= 15 is 0 Å². The minimum Gasteiger partial charge on any atom is -0.303 e. The van der Waals surface area contributed by atoms with Gasteiger partial charge in [0.2, 0.25) is 0 Å². The Balaban J connectivity index is 1.82. The summed E-state index contributed by atoms with van der Waals surface area (Å²) >= 11 is 3.65. The van der Waals surface area contributed by atoms with Gasteiger partial charge in [0, 0.05) is 17.9 Å². The maximum atomic E-state index is 3.65. The van der Waals surface area contributed by atoms with Gasteiger partial charge in [-0.05, 0) is 38.1 Å². The van der Waals surface area contributed by atoms with E-state index in [-0.39, 0.29) is 0 Å². The van der Waals surface area contributed by atoms with Gasteiger partial charge >= 0.3 is 0 Å². The standard InChI is InChI=1S/C10H18BrN/c1-12(9-3-4-9)8-10(7-11)5-2-6-10/h9H,2-8H2,1H3. The Bertz CT molecular complexity index is 156. The SMILES string of the molecule is CN(CC1(CBr)CCC1)C1CC1. The molecule has 0 atom stereocenters. The largest absolute Gasteiger partial charge is 0.303 e. The van der Waals surface area contributed by atoms with Crippen LogP contribution in [0.2, 0.25) is 0 Å². The Morgan fingerprint density at radius 2 is 2.08 bits per heavy atom. The summed E-state index contributed by atoms with van der Waals surface area (Å²) in [7, 11) is 2.29. The second-order valence-corrected chi connectivity index (χ2v) is 5.19. The summed E-state index contributed by atoms with van der Waals surface area (Å²) in [5.74, 6) is 0. The number of nitrogens with zero attached hydrogens (tertiary/aromatic N) is 1. The highest BCUT2D eigenvalue weighted by atomic mass is 79.9. The maximum absolute atomic E-state index is 3.65. The van der Waals surface area contributed by atoms with Crippen LogP contribution in [0.3, 0.4) is 0 Å². The molecule has 2 fully saturated rings. The van der Waals surface area contributed by atoms with Crippen LogP contribution in [0.25, 0.3) is 0 Å². The highest BCUT2D eigenvalue weighted by Crippen LogP contribution is 2.44. The van der Waals surface area contributed by atoms with Gasteiger partial charge < -0.3 is 4.90 Å². The lowest BCUT2D eigenvalue weighted by atomic mass is 9.70. The van der Waals surface area contributed by atoms with Gasteiger partial charge in [-0.25, -0.2) is 0 Å². The quantitative estimate of drug-likeness (QED) is 0.673. The van der Waals surface area contributed by atoms with Gasteiger partial charge in [-0.1, -0.05) is 22.4 Å². The van der Waals surface area contributed by atoms with Crippen molar-refractivity contribution in [1.29, 1.82) is 0 Å². The van der Waals surface area contributed by atoms with Crippen LogP contribution >= 0.6 is 15.9 Å². The van der Waals surface area contributed by atoms with E-state index in [9.17, 15) is 0 Å². The van der Waals surface area contributed by atoms with Gasteiger partial charge in [-0.2, -0.15) is 0 Å². The summed E-state index contributed by atoms with van der Waals surface area (Å²) in [6.07, 6.45) is 7.21. The zero-order valence-corrected chi connectivity index (χ0v) is 9.44. The first-order valence-corrected chi connectivity index (χ1v) is 6.14. The van der Waals surface area contributed by atoms with Crippen molar-refractivity contribution in [1.82, 2.24) is 4.90 Å². The second-order valence-electron chi connectivity index (χ2n) is 4.63. The molecule has 12 heavy (non-hydrogen) atoms. The molecule has 0 amide bonds. The molecule has 0 aromatic rings. The zero-order valence-electron chi connectivity index (χ0n) is 7.85. The third-order valence-corrected chi connectivity index (χ3v) is 4.64. The molecule has 1 nitrogen and oxygen atoms in total. The predicted molar refractivity (Wildman–Crippen MR) is 55.7 cm³/mol. The zero-order chi connectivity index (χ0) is 8.60. The molecule has 2 heteroatoms. The average Bonchev–Trinajstić information content (AvgIpc) is 2.78. The van der Waals surface area contributed by atoms with Crippen LogP contribution < -0.4 is 0 Å². The molecule has 2 saturated carbocycles. The second kappa shape index (κ2) is 3.30. The van der Waals surface area contributed by atoms with Crippen molar-refractivity contribution in [3.05, 3.63) is 0 Å². The molecule has 70 valence electrons. The van der Waals surface area contributed by atoms with Crippen molar-refractivity contribution < 1.29 is 0 Å². The van der Waals surface area contributed by atoms with E-state index in [1.54, 1.807) is 0 Å². The summed E-state index contributed by atoms with van der Waals surface area (Å²) < 4.78 is 0. The lowest BCUT2D eigenvalue weighted by Crippen LogP contribution is -2.42. The Morgan fingerprint density at radius 3 is 2.42 bits per heavy atom. The Hall–Kier alpha value is 0.440. The molecule has 2 aliphatic carbocycles. The number of rotatable bonds is 4. The van der Waals surface area contributed by atoms with Crippen LogP contribution in [0.5, 0.6) is 0 Å². The lowest BCUT2D eigenvalue weighted by Gasteiger charge is -2.43. The first kappa shape index (κ1) is 9.01. The van der Waals surface area contributed by atoms with Gasteiger partial charge in [0.1, 0.15) is 0 Å². The monoisotopic (exact) mass is 231 g/mol. The van der Waals surface area contributed by atoms with E-state index < -0.39 is 0 Å². The Labute approximate surface area is 83.6 Å². The van der Waals surface area contributed by atoms with Crippen molar-refractivity contribution in [3.8, 4) is 0 Å². The van der Waals surface area contributed by atoms with Crippen molar-refractivity contribution in [2.75, 3.05) is 18.9 Å². The molecular weight excluding hydrogens is 214 g/mol. The van der Waals surface area contributed by atoms with Crippen LogP contribution in [0.15, 0.2) is 0 Å². The van der Waals surface area contributed by atoms with Crippen molar-refractivity contribution in [2.45, 2.75) is 38.1 Å². The number of hydrogen-bond acceptors (Lipinski definition) is 1. The van der Waals surface area contributed by atoms with E-state index in [0.717, 1.165) is 6.04 Å². The lowest BCUT2D eigenvalue weighted by molar-refractivity contribution is 0.102. The molecule has 0 aromatic heterocycles. The molecule has 0 N–H and O–H groups in total. The first-order chi connectivity index (χ1) is 5.76. The molecule has 2 aliphatic rings. The fraction of sp³-hybridized carbons (Fsp3) is 1.00. The third kappa shape index (κ3) is 1.69. The molecule has 0 unspecified atom stereocenters. The maximum Gasteiger partial charge on any atom is 0.0100 e. The summed E-state index contributed by atoms with van der Waals surface area (Å²) in [5, 5.41) is 1.21. The predicted octanol–water partition coefficient (Wildman–Crippen LogP) is 2.65. The summed E-state index contributed by atoms with van der Waals surface area (Å²) in [6, 6.07) is 0.932. The molecule has 0 radical (unpaired) electrons. The normalized spacial score (nSPS) is 27.2. The Kier molecular flexibility index (Phi) is 2.48. The van der Waals surface area contributed by atoms with Crippen LogP contribution in [0, 0.1) is 5.41 Å². The first-order valence-electron chi connectivity index (χ1n) is 5.02. The minimum atomic E-state index is 0.650. The molecule has 0 aromatic carbocycles. The van der Waals surface area contributed by atoms with Gasteiger partial charge in [0.15, 0.2) is 0 Å². The minimum absolute atomic E-state index is 0.650. The van der Waals surface area contributed by atoms with Crippen LogP contribution in [-0.2, 0) is 0 Å². The van der Waals surface area contributed by atoms with Crippen LogP contribution in [-0.4, -0.2) is 29.9 Å². The molecule has 0 spiro atoms. The molecule has 0 saturated heterocycles. The van der Waals surface area contributed by atoms with E-state index in [2.05, 4.69) is 27.9 Å². The summed E-state index contributed by atoms with van der Waals surface area (Å²) in [4.78, 5) is 2.57. The van der Waals surface area contributed by atoms with E-state index in [4.69, 9.17) is 0 Å². The molecule has 0 bridgehead atoms. The molecule has 0 aliphatic heterocycles. The molecular formula is C10H18BrN. The highest BCUT2D eigenvalue weighted by molar-refractivity contribution is 9.09. The van der Waals surface area contributed by atoms with Crippen molar-refractivity contribution in [3.63, 3.8) is 0 Å². The fourth-order valence-electron chi connectivity index (χ4n) is 2.18. The van der Waals surface area contributed by atoms with Gasteiger partial charge in [0.05, 0.1) is 0 Å². The van der Waals surface area contributed by atoms with Crippen molar-refractivity contribution in [2.24, 2.45) is 5.41 Å². The number of alkyl halides is 1. The van der Waals surface area contributed by atoms with E-state index in [1.165, 1.54) is 44.0 Å². The third-order valence-electron chi connectivity index (χ3n) is 3.45. The van der Waals surface area contributed by atoms with Crippen LogP contribution in [0.4, 0.5) is 0 Å². The van der Waals surface area contributed by atoms with Gasteiger partial charge in [0.25, 0.3) is 0 Å². The topological polar surface area (TPSA) is 3.24 Å². The molecule has 0 heterocycles. The number of halogens is 1. The van der Waals surface area contributed by atoms with Crippen molar-refractivity contribution >= 4 is 15.9 Å². The van der Waals surface area contributed by atoms with Crippen LogP contribution in [0.1, 0.15) is 32.1 Å². The van der Waals surface area contributed by atoms with Gasteiger partial charge in [-0.15, -0.1) is 0 Å².